The molecule has 3 atom stereocenters. The second kappa shape index (κ2) is 5.50. The van der Waals surface area contributed by atoms with Crippen molar-refractivity contribution in [3.8, 4) is 0 Å². The Morgan fingerprint density at radius 2 is 2.35 bits per heavy atom. The average molecular weight is 275 g/mol. The molecular weight excluding hydrogens is 254 g/mol. The lowest BCUT2D eigenvalue weighted by atomic mass is 10.1. The van der Waals surface area contributed by atoms with Gasteiger partial charge in [0, 0.05) is 37.6 Å². The molecule has 0 spiro atoms. The van der Waals surface area contributed by atoms with Gasteiger partial charge in [0.2, 0.25) is 0 Å². The maximum absolute atomic E-state index is 12.3. The minimum absolute atomic E-state index is 0.0191. The van der Waals surface area contributed by atoms with E-state index in [1.54, 1.807) is 12.4 Å². The molecule has 0 aromatic carbocycles. The lowest BCUT2D eigenvalue weighted by molar-refractivity contribution is -0.0390. The highest BCUT2D eigenvalue weighted by Crippen LogP contribution is 2.23. The van der Waals surface area contributed by atoms with E-state index in [4.69, 9.17) is 4.74 Å². The third kappa shape index (κ3) is 2.69. The second-order valence-electron chi connectivity index (χ2n) is 5.85. The van der Waals surface area contributed by atoms with Crippen LogP contribution in [0.1, 0.15) is 29.3 Å². The van der Waals surface area contributed by atoms with E-state index >= 15 is 0 Å². The Labute approximate surface area is 119 Å². The van der Waals surface area contributed by atoms with Gasteiger partial charge < -0.3 is 10.1 Å². The zero-order chi connectivity index (χ0) is 14.1. The molecule has 2 fully saturated rings. The third-order valence-electron chi connectivity index (χ3n) is 4.21. The van der Waals surface area contributed by atoms with Gasteiger partial charge in [0.15, 0.2) is 0 Å². The van der Waals surface area contributed by atoms with Crippen LogP contribution < -0.4 is 5.32 Å². The Morgan fingerprint density at radius 1 is 1.50 bits per heavy atom. The predicted molar refractivity (Wildman–Crippen MR) is 75.6 cm³/mol. The number of aromatic nitrogens is 1. The second-order valence-corrected chi connectivity index (χ2v) is 5.85. The molecule has 0 aliphatic carbocycles. The minimum Gasteiger partial charge on any atom is -0.376 e. The number of hydrogen-bond donors (Lipinski definition) is 1. The molecule has 5 nitrogen and oxygen atoms in total. The largest absolute Gasteiger partial charge is 0.376 e. The van der Waals surface area contributed by atoms with Gasteiger partial charge in [-0.3, -0.25) is 14.7 Å². The molecule has 3 heterocycles. The molecule has 1 N–H and O–H groups in total. The van der Waals surface area contributed by atoms with Crippen LogP contribution in [0.5, 0.6) is 0 Å². The van der Waals surface area contributed by atoms with Crippen LogP contribution >= 0.6 is 0 Å². The van der Waals surface area contributed by atoms with Crippen LogP contribution in [-0.2, 0) is 4.74 Å². The highest BCUT2D eigenvalue weighted by atomic mass is 16.5. The van der Waals surface area contributed by atoms with Crippen molar-refractivity contribution in [3.05, 3.63) is 29.6 Å². The van der Waals surface area contributed by atoms with E-state index in [2.05, 4.69) is 22.1 Å². The van der Waals surface area contributed by atoms with Gasteiger partial charge in [0.25, 0.3) is 5.91 Å². The maximum atomic E-state index is 12.3. The summed E-state index contributed by atoms with van der Waals surface area (Å²) >= 11 is 0. The molecule has 0 radical (unpaired) electrons. The average Bonchev–Trinajstić information content (AvgIpc) is 2.80. The van der Waals surface area contributed by atoms with Crippen molar-refractivity contribution in [2.75, 3.05) is 19.7 Å². The number of morpholine rings is 1. The Balaban J connectivity index is 1.62. The number of carbonyl (C=O) groups excluding carboxylic acids is 1. The Bertz CT molecular complexity index is 506. The molecule has 2 aliphatic heterocycles. The van der Waals surface area contributed by atoms with Crippen molar-refractivity contribution < 1.29 is 9.53 Å². The first-order chi connectivity index (χ1) is 9.63. The van der Waals surface area contributed by atoms with E-state index in [1.165, 1.54) is 0 Å². The first kappa shape index (κ1) is 13.5. The molecule has 0 saturated carbocycles. The number of rotatable bonds is 2. The predicted octanol–water partition coefficient (Wildman–Crippen LogP) is 0.981. The maximum Gasteiger partial charge on any atom is 0.253 e. The number of ether oxygens (including phenoxy) is 1. The molecule has 1 amide bonds. The van der Waals surface area contributed by atoms with Gasteiger partial charge in [-0.25, -0.2) is 0 Å². The monoisotopic (exact) mass is 275 g/mol. The lowest BCUT2D eigenvalue weighted by Gasteiger charge is -2.33. The molecule has 20 heavy (non-hydrogen) atoms. The summed E-state index contributed by atoms with van der Waals surface area (Å²) in [4.78, 5) is 18.7. The van der Waals surface area contributed by atoms with E-state index in [1.807, 2.05) is 13.0 Å². The fraction of sp³-hybridized carbons (Fsp3) is 0.600. The minimum atomic E-state index is -0.0191. The molecule has 108 valence electrons. The quantitative estimate of drug-likeness (QED) is 0.874. The SMILES string of the molecule is Cc1ccncc1C(=O)N[C@H]1C[C@H]2CO[C@H](C)CN2C1. The van der Waals surface area contributed by atoms with E-state index < -0.39 is 0 Å². The summed E-state index contributed by atoms with van der Waals surface area (Å²) in [7, 11) is 0. The van der Waals surface area contributed by atoms with Crippen LogP contribution in [0.2, 0.25) is 0 Å². The highest BCUT2D eigenvalue weighted by molar-refractivity contribution is 5.95. The third-order valence-corrected chi connectivity index (χ3v) is 4.21. The van der Waals surface area contributed by atoms with Crippen molar-refractivity contribution in [2.24, 2.45) is 0 Å². The Morgan fingerprint density at radius 3 is 3.15 bits per heavy atom. The summed E-state index contributed by atoms with van der Waals surface area (Å²) < 4.78 is 5.68. The van der Waals surface area contributed by atoms with Gasteiger partial charge in [-0.2, -0.15) is 0 Å². The Kier molecular flexibility index (Phi) is 3.72. The lowest BCUT2D eigenvalue weighted by Crippen LogP contribution is -2.45. The fourth-order valence-electron chi connectivity index (χ4n) is 3.11. The topological polar surface area (TPSA) is 54.5 Å². The summed E-state index contributed by atoms with van der Waals surface area (Å²) in [6, 6.07) is 2.52. The molecule has 5 heteroatoms. The van der Waals surface area contributed by atoms with Crippen molar-refractivity contribution >= 4 is 5.91 Å². The first-order valence-corrected chi connectivity index (χ1v) is 7.20. The van der Waals surface area contributed by atoms with E-state index in [0.717, 1.165) is 31.7 Å². The summed E-state index contributed by atoms with van der Waals surface area (Å²) in [5, 5.41) is 3.13. The van der Waals surface area contributed by atoms with E-state index in [0.29, 0.717) is 17.7 Å². The van der Waals surface area contributed by atoms with Crippen molar-refractivity contribution in [1.29, 1.82) is 0 Å². The zero-order valence-corrected chi connectivity index (χ0v) is 12.0. The number of nitrogens with zero attached hydrogens (tertiary/aromatic N) is 2. The van der Waals surface area contributed by atoms with Gasteiger partial charge in [-0.15, -0.1) is 0 Å². The van der Waals surface area contributed by atoms with Crippen molar-refractivity contribution in [2.45, 2.75) is 38.5 Å². The zero-order valence-electron chi connectivity index (χ0n) is 12.0. The summed E-state index contributed by atoms with van der Waals surface area (Å²) in [5.74, 6) is -0.0191. The van der Waals surface area contributed by atoms with Crippen LogP contribution in [0.4, 0.5) is 0 Å². The molecule has 3 rings (SSSR count). The van der Waals surface area contributed by atoms with Crippen LogP contribution in [0.25, 0.3) is 0 Å². The van der Waals surface area contributed by atoms with Crippen molar-refractivity contribution in [3.63, 3.8) is 0 Å². The number of fused-ring (bicyclic) bond motifs is 1. The molecule has 2 aliphatic rings. The molecule has 2 saturated heterocycles. The Hall–Kier alpha value is -1.46. The van der Waals surface area contributed by atoms with E-state index in [9.17, 15) is 4.79 Å². The first-order valence-electron chi connectivity index (χ1n) is 7.20. The molecule has 1 aromatic heterocycles. The van der Waals surface area contributed by atoms with Crippen LogP contribution in [0, 0.1) is 6.92 Å². The van der Waals surface area contributed by atoms with Gasteiger partial charge in [0.1, 0.15) is 0 Å². The number of aryl methyl sites for hydroxylation is 1. The highest BCUT2D eigenvalue weighted by Gasteiger charge is 2.36. The van der Waals surface area contributed by atoms with Crippen molar-refractivity contribution in [1.82, 2.24) is 15.2 Å². The summed E-state index contributed by atoms with van der Waals surface area (Å²) in [6.45, 7) is 6.69. The number of pyridine rings is 1. The van der Waals surface area contributed by atoms with Crippen LogP contribution in [-0.4, -0.2) is 53.7 Å². The number of nitrogens with one attached hydrogen (secondary N) is 1. The molecule has 0 bridgehead atoms. The normalized spacial score (nSPS) is 30.0. The van der Waals surface area contributed by atoms with Crippen LogP contribution in [0.15, 0.2) is 18.5 Å². The standard InChI is InChI=1S/C15H21N3O2/c1-10-3-4-16-6-14(10)15(19)17-12-5-13-9-20-11(2)7-18(13)8-12/h3-4,6,11-13H,5,7-9H2,1-2H3,(H,17,19)/t11-,12+,13+/m1/s1. The number of hydrogen-bond acceptors (Lipinski definition) is 4. The van der Waals surface area contributed by atoms with Gasteiger partial charge in [-0.05, 0) is 31.9 Å². The summed E-state index contributed by atoms with van der Waals surface area (Å²) in [5.41, 5.74) is 1.63. The van der Waals surface area contributed by atoms with Gasteiger partial charge >= 0.3 is 0 Å². The smallest absolute Gasteiger partial charge is 0.253 e. The fourth-order valence-corrected chi connectivity index (χ4v) is 3.11. The molecule has 0 unspecified atom stereocenters. The van der Waals surface area contributed by atoms with Gasteiger partial charge in [-0.1, -0.05) is 0 Å². The summed E-state index contributed by atoms with van der Waals surface area (Å²) in [6.07, 6.45) is 4.61. The van der Waals surface area contributed by atoms with E-state index in [-0.39, 0.29) is 11.9 Å². The van der Waals surface area contributed by atoms with Gasteiger partial charge in [0.05, 0.1) is 18.3 Å². The van der Waals surface area contributed by atoms with Crippen LogP contribution in [0.3, 0.4) is 0 Å². The number of carbonyl (C=O) groups is 1. The molecular formula is C15H21N3O2. The number of amides is 1. The molecule has 1 aromatic rings.